The summed E-state index contributed by atoms with van der Waals surface area (Å²) < 4.78 is 0. The summed E-state index contributed by atoms with van der Waals surface area (Å²) in [6, 6.07) is 15.8. The van der Waals surface area contributed by atoms with E-state index in [0.29, 0.717) is 0 Å². The van der Waals surface area contributed by atoms with Gasteiger partial charge in [0, 0.05) is 24.8 Å². The largest absolute Gasteiger partial charge is 0.312 e. The summed E-state index contributed by atoms with van der Waals surface area (Å²) in [5.74, 6) is 0.0525. The number of carbonyl (C=O) groups is 1. The van der Waals surface area contributed by atoms with Gasteiger partial charge in [-0.05, 0) is 42.3 Å². The zero-order valence-electron chi connectivity index (χ0n) is 11.6. The zero-order chi connectivity index (χ0) is 13.9. The SMILES string of the molecule is CN(C(=O)c1cccc2c1CNCC2)c1ccccc1. The maximum absolute atomic E-state index is 12.7. The van der Waals surface area contributed by atoms with Gasteiger partial charge in [-0.25, -0.2) is 0 Å². The summed E-state index contributed by atoms with van der Waals surface area (Å²) in [7, 11) is 1.83. The van der Waals surface area contributed by atoms with E-state index < -0.39 is 0 Å². The molecule has 2 aromatic rings. The molecule has 0 fully saturated rings. The summed E-state index contributed by atoms with van der Waals surface area (Å²) in [5, 5.41) is 3.34. The minimum Gasteiger partial charge on any atom is -0.312 e. The monoisotopic (exact) mass is 266 g/mol. The van der Waals surface area contributed by atoms with Crippen LogP contribution in [0.3, 0.4) is 0 Å². The number of anilines is 1. The first-order valence-electron chi connectivity index (χ1n) is 6.92. The fourth-order valence-electron chi connectivity index (χ4n) is 2.66. The molecular weight excluding hydrogens is 248 g/mol. The van der Waals surface area contributed by atoms with Crippen molar-refractivity contribution in [2.24, 2.45) is 0 Å². The average molecular weight is 266 g/mol. The van der Waals surface area contributed by atoms with E-state index in [9.17, 15) is 4.79 Å². The molecule has 0 radical (unpaired) electrons. The Balaban J connectivity index is 1.95. The summed E-state index contributed by atoms with van der Waals surface area (Å²) in [4.78, 5) is 14.4. The van der Waals surface area contributed by atoms with Crippen LogP contribution < -0.4 is 10.2 Å². The van der Waals surface area contributed by atoms with Crippen molar-refractivity contribution in [1.82, 2.24) is 5.32 Å². The zero-order valence-corrected chi connectivity index (χ0v) is 11.6. The van der Waals surface area contributed by atoms with Gasteiger partial charge in [-0.2, -0.15) is 0 Å². The van der Waals surface area contributed by atoms with Crippen LogP contribution in [0.5, 0.6) is 0 Å². The molecular formula is C17H18N2O. The number of nitrogens with one attached hydrogen (secondary N) is 1. The second-order valence-electron chi connectivity index (χ2n) is 5.07. The van der Waals surface area contributed by atoms with Gasteiger partial charge in [-0.3, -0.25) is 4.79 Å². The smallest absolute Gasteiger partial charge is 0.258 e. The van der Waals surface area contributed by atoms with E-state index in [1.54, 1.807) is 4.90 Å². The van der Waals surface area contributed by atoms with Gasteiger partial charge < -0.3 is 10.2 Å². The van der Waals surface area contributed by atoms with Crippen LogP contribution in [0.15, 0.2) is 48.5 Å². The number of hydrogen-bond acceptors (Lipinski definition) is 2. The lowest BCUT2D eigenvalue weighted by molar-refractivity contribution is 0.0991. The minimum atomic E-state index is 0.0525. The molecule has 1 heterocycles. The molecule has 1 aliphatic heterocycles. The van der Waals surface area contributed by atoms with Gasteiger partial charge in [0.25, 0.3) is 5.91 Å². The normalized spacial score (nSPS) is 13.7. The van der Waals surface area contributed by atoms with Crippen molar-refractivity contribution < 1.29 is 4.79 Å². The van der Waals surface area contributed by atoms with Crippen LogP contribution >= 0.6 is 0 Å². The van der Waals surface area contributed by atoms with Crippen LogP contribution in [0.1, 0.15) is 21.5 Å². The summed E-state index contributed by atoms with van der Waals surface area (Å²) in [6.07, 6.45) is 0.992. The third-order valence-corrected chi connectivity index (χ3v) is 3.82. The van der Waals surface area contributed by atoms with Gasteiger partial charge in [-0.1, -0.05) is 30.3 Å². The molecule has 1 amide bonds. The maximum atomic E-state index is 12.7. The van der Waals surface area contributed by atoms with Crippen LogP contribution in [0.25, 0.3) is 0 Å². The highest BCUT2D eigenvalue weighted by atomic mass is 16.2. The lowest BCUT2D eigenvalue weighted by atomic mass is 9.95. The van der Waals surface area contributed by atoms with Crippen LogP contribution in [0.2, 0.25) is 0 Å². The van der Waals surface area contributed by atoms with Crippen molar-refractivity contribution in [2.75, 3.05) is 18.5 Å². The highest BCUT2D eigenvalue weighted by molar-refractivity contribution is 6.06. The first-order valence-corrected chi connectivity index (χ1v) is 6.92. The number of nitrogens with zero attached hydrogens (tertiary/aromatic N) is 1. The van der Waals surface area contributed by atoms with E-state index in [1.807, 2.05) is 49.5 Å². The Morgan fingerprint density at radius 1 is 1.10 bits per heavy atom. The molecule has 1 N–H and O–H groups in total. The van der Waals surface area contributed by atoms with Crippen LogP contribution in [0, 0.1) is 0 Å². The Hall–Kier alpha value is -2.13. The van der Waals surface area contributed by atoms with Crippen LogP contribution in [-0.2, 0) is 13.0 Å². The van der Waals surface area contributed by atoms with Crippen LogP contribution in [-0.4, -0.2) is 19.5 Å². The molecule has 0 unspecified atom stereocenters. The van der Waals surface area contributed by atoms with E-state index >= 15 is 0 Å². The summed E-state index contributed by atoms with van der Waals surface area (Å²) in [5.41, 5.74) is 4.16. The van der Waals surface area contributed by atoms with E-state index in [2.05, 4.69) is 11.4 Å². The van der Waals surface area contributed by atoms with Crippen molar-refractivity contribution in [3.63, 3.8) is 0 Å². The first kappa shape index (κ1) is 12.9. The van der Waals surface area contributed by atoms with Crippen LogP contribution in [0.4, 0.5) is 5.69 Å². The summed E-state index contributed by atoms with van der Waals surface area (Å²) in [6.45, 7) is 1.76. The number of rotatable bonds is 2. The maximum Gasteiger partial charge on any atom is 0.258 e. The average Bonchev–Trinajstić information content (AvgIpc) is 2.54. The quantitative estimate of drug-likeness (QED) is 0.906. The van der Waals surface area contributed by atoms with Crippen molar-refractivity contribution in [3.8, 4) is 0 Å². The second-order valence-corrected chi connectivity index (χ2v) is 5.07. The van der Waals surface area contributed by atoms with Gasteiger partial charge in [0.2, 0.25) is 0 Å². The molecule has 3 nitrogen and oxygen atoms in total. The highest BCUT2D eigenvalue weighted by Gasteiger charge is 2.20. The standard InChI is InChI=1S/C17H18N2O/c1-19(14-7-3-2-4-8-14)17(20)15-9-5-6-13-10-11-18-12-16(13)15/h2-9,18H,10-12H2,1H3. The van der Waals surface area contributed by atoms with Gasteiger partial charge in [0.15, 0.2) is 0 Å². The Labute approximate surface area is 119 Å². The topological polar surface area (TPSA) is 32.3 Å². The third kappa shape index (κ3) is 2.32. The number of hydrogen-bond donors (Lipinski definition) is 1. The molecule has 0 aromatic heterocycles. The number of para-hydroxylation sites is 1. The van der Waals surface area contributed by atoms with E-state index in [1.165, 1.54) is 5.56 Å². The number of carbonyl (C=O) groups excluding carboxylic acids is 1. The first-order chi connectivity index (χ1) is 9.77. The Kier molecular flexibility index (Phi) is 3.52. The Morgan fingerprint density at radius 3 is 2.70 bits per heavy atom. The Morgan fingerprint density at radius 2 is 1.90 bits per heavy atom. The molecule has 0 atom stereocenters. The second kappa shape index (κ2) is 5.47. The van der Waals surface area contributed by atoms with E-state index in [4.69, 9.17) is 0 Å². The van der Waals surface area contributed by atoms with Crippen molar-refractivity contribution in [2.45, 2.75) is 13.0 Å². The lowest BCUT2D eigenvalue weighted by Crippen LogP contribution is -2.31. The number of amides is 1. The minimum absolute atomic E-state index is 0.0525. The van der Waals surface area contributed by atoms with Crippen molar-refractivity contribution >= 4 is 11.6 Å². The third-order valence-electron chi connectivity index (χ3n) is 3.82. The molecule has 3 heteroatoms. The molecule has 1 aliphatic rings. The van der Waals surface area contributed by atoms with Gasteiger partial charge in [0.1, 0.15) is 0 Å². The van der Waals surface area contributed by atoms with Gasteiger partial charge >= 0.3 is 0 Å². The fourth-order valence-corrected chi connectivity index (χ4v) is 2.66. The predicted octanol–water partition coefficient (Wildman–Crippen LogP) is 2.61. The molecule has 0 bridgehead atoms. The molecule has 102 valence electrons. The lowest BCUT2D eigenvalue weighted by Gasteiger charge is -2.23. The highest BCUT2D eigenvalue weighted by Crippen LogP contribution is 2.22. The molecule has 3 rings (SSSR count). The van der Waals surface area contributed by atoms with Crippen molar-refractivity contribution in [1.29, 1.82) is 0 Å². The van der Waals surface area contributed by atoms with E-state index in [-0.39, 0.29) is 5.91 Å². The van der Waals surface area contributed by atoms with Gasteiger partial charge in [0.05, 0.1) is 0 Å². The summed E-state index contributed by atoms with van der Waals surface area (Å²) >= 11 is 0. The molecule has 0 aliphatic carbocycles. The van der Waals surface area contributed by atoms with E-state index in [0.717, 1.165) is 36.3 Å². The number of fused-ring (bicyclic) bond motifs is 1. The predicted molar refractivity (Wildman–Crippen MR) is 81.0 cm³/mol. The fraction of sp³-hybridized carbons (Fsp3) is 0.235. The number of benzene rings is 2. The molecule has 0 saturated carbocycles. The molecule has 20 heavy (non-hydrogen) atoms. The Bertz CT molecular complexity index is 622. The van der Waals surface area contributed by atoms with Gasteiger partial charge in [-0.15, -0.1) is 0 Å². The molecule has 0 spiro atoms. The molecule has 0 saturated heterocycles. The van der Waals surface area contributed by atoms with Crippen molar-refractivity contribution in [3.05, 3.63) is 65.2 Å². The molecule has 2 aromatic carbocycles.